The molecule has 5 heteroatoms. The van der Waals surface area contributed by atoms with Crippen LogP contribution < -0.4 is 0 Å². The van der Waals surface area contributed by atoms with Crippen LogP contribution in [0.4, 0.5) is 0 Å². The molecule has 0 spiro atoms. The fraction of sp³-hybridized carbons (Fsp3) is 0.824. The van der Waals surface area contributed by atoms with Gasteiger partial charge in [0.25, 0.3) is 0 Å². The molecule has 0 aliphatic carbocycles. The standard InChI is InChI=1S/C17H34O4Si/c1-5-9-10-11-16(21-17(18)8-4)12-15-22(19-13-6-2)20-14-7-3/h8,16,22H,4-7,9-15H2,1-3H3. The maximum atomic E-state index is 11.5. The summed E-state index contributed by atoms with van der Waals surface area (Å²) in [6.07, 6.45) is 8.37. The molecule has 0 amide bonds. The highest BCUT2D eigenvalue weighted by molar-refractivity contribution is 6.44. The van der Waals surface area contributed by atoms with Crippen LogP contribution in [-0.2, 0) is 18.4 Å². The van der Waals surface area contributed by atoms with E-state index in [1.54, 1.807) is 0 Å². The van der Waals surface area contributed by atoms with Crippen LogP contribution in [0, 0.1) is 0 Å². The zero-order valence-electron chi connectivity index (χ0n) is 14.6. The lowest BCUT2D eigenvalue weighted by Gasteiger charge is -2.20. The van der Waals surface area contributed by atoms with E-state index in [1.165, 1.54) is 18.9 Å². The van der Waals surface area contributed by atoms with Crippen molar-refractivity contribution in [1.82, 2.24) is 0 Å². The summed E-state index contributed by atoms with van der Waals surface area (Å²) in [5, 5.41) is 0. The molecule has 0 N–H and O–H groups in total. The van der Waals surface area contributed by atoms with E-state index in [9.17, 15) is 4.79 Å². The van der Waals surface area contributed by atoms with E-state index >= 15 is 0 Å². The lowest BCUT2D eigenvalue weighted by atomic mass is 10.1. The summed E-state index contributed by atoms with van der Waals surface area (Å²) in [5.74, 6) is -0.330. The van der Waals surface area contributed by atoms with E-state index in [4.69, 9.17) is 13.6 Å². The van der Waals surface area contributed by atoms with Gasteiger partial charge in [-0.05, 0) is 38.1 Å². The third-order valence-corrected chi connectivity index (χ3v) is 5.34. The van der Waals surface area contributed by atoms with Gasteiger partial charge >= 0.3 is 15.3 Å². The Bertz CT molecular complexity index is 276. The number of hydrogen-bond acceptors (Lipinski definition) is 4. The molecule has 22 heavy (non-hydrogen) atoms. The first-order valence-electron chi connectivity index (χ1n) is 8.74. The summed E-state index contributed by atoms with van der Waals surface area (Å²) < 4.78 is 17.2. The molecule has 0 fully saturated rings. The normalized spacial score (nSPS) is 12.4. The Balaban J connectivity index is 4.31. The van der Waals surface area contributed by atoms with Gasteiger partial charge in [0.15, 0.2) is 0 Å². The molecule has 0 aromatic rings. The maximum Gasteiger partial charge on any atom is 0.330 e. The monoisotopic (exact) mass is 330 g/mol. The van der Waals surface area contributed by atoms with Gasteiger partial charge in [0, 0.05) is 19.3 Å². The number of hydrogen-bond donors (Lipinski definition) is 0. The molecule has 0 bridgehead atoms. The first-order chi connectivity index (χ1) is 10.7. The molecule has 0 aliphatic heterocycles. The quantitative estimate of drug-likeness (QED) is 0.196. The molecule has 4 nitrogen and oxygen atoms in total. The van der Waals surface area contributed by atoms with Crippen molar-refractivity contribution in [3.63, 3.8) is 0 Å². The molecular weight excluding hydrogens is 296 g/mol. The van der Waals surface area contributed by atoms with Crippen LogP contribution in [-0.4, -0.2) is 34.6 Å². The van der Waals surface area contributed by atoms with Crippen molar-refractivity contribution in [1.29, 1.82) is 0 Å². The molecule has 130 valence electrons. The minimum Gasteiger partial charge on any atom is -0.459 e. The van der Waals surface area contributed by atoms with Crippen molar-refractivity contribution in [3.05, 3.63) is 12.7 Å². The minimum absolute atomic E-state index is 0.0393. The second-order valence-electron chi connectivity index (χ2n) is 5.51. The summed E-state index contributed by atoms with van der Waals surface area (Å²) in [7, 11) is -1.64. The van der Waals surface area contributed by atoms with Crippen molar-refractivity contribution >= 4 is 15.3 Å². The highest BCUT2D eigenvalue weighted by Gasteiger charge is 2.19. The molecule has 1 unspecified atom stereocenters. The van der Waals surface area contributed by atoms with Crippen molar-refractivity contribution < 1.29 is 18.4 Å². The Morgan fingerprint density at radius 3 is 2.18 bits per heavy atom. The van der Waals surface area contributed by atoms with Crippen LogP contribution in [0.25, 0.3) is 0 Å². The molecule has 0 rings (SSSR count). The van der Waals surface area contributed by atoms with E-state index in [2.05, 4.69) is 27.4 Å². The highest BCUT2D eigenvalue weighted by Crippen LogP contribution is 2.15. The Kier molecular flexibility index (Phi) is 14.8. The van der Waals surface area contributed by atoms with Gasteiger partial charge in [-0.25, -0.2) is 4.79 Å². The lowest BCUT2D eigenvalue weighted by Crippen LogP contribution is -2.27. The number of carbonyl (C=O) groups is 1. The van der Waals surface area contributed by atoms with Crippen LogP contribution in [0.1, 0.15) is 65.7 Å². The van der Waals surface area contributed by atoms with Crippen LogP contribution in [0.3, 0.4) is 0 Å². The molecule has 0 aromatic carbocycles. The number of ether oxygens (including phenoxy) is 1. The molecule has 0 saturated carbocycles. The number of unbranched alkanes of at least 4 members (excludes halogenated alkanes) is 2. The number of rotatable bonds is 15. The lowest BCUT2D eigenvalue weighted by molar-refractivity contribution is -0.143. The minimum atomic E-state index is -1.64. The van der Waals surface area contributed by atoms with E-state index in [1.807, 2.05) is 0 Å². The van der Waals surface area contributed by atoms with Crippen LogP contribution >= 0.6 is 0 Å². The predicted octanol–water partition coefficient (Wildman–Crippen LogP) is 4.13. The summed E-state index contributed by atoms with van der Waals surface area (Å²) >= 11 is 0. The van der Waals surface area contributed by atoms with Gasteiger partial charge in [-0.3, -0.25) is 0 Å². The van der Waals surface area contributed by atoms with Crippen molar-refractivity contribution in [2.75, 3.05) is 13.2 Å². The second kappa shape index (κ2) is 15.3. The van der Waals surface area contributed by atoms with Crippen LogP contribution in [0.2, 0.25) is 6.04 Å². The zero-order valence-corrected chi connectivity index (χ0v) is 15.8. The summed E-state index contributed by atoms with van der Waals surface area (Å²) in [4.78, 5) is 11.5. The highest BCUT2D eigenvalue weighted by atomic mass is 28.3. The van der Waals surface area contributed by atoms with E-state index < -0.39 is 9.28 Å². The number of carbonyl (C=O) groups excluding carboxylic acids is 1. The average molecular weight is 331 g/mol. The zero-order chi connectivity index (χ0) is 16.6. The Morgan fingerprint density at radius 2 is 1.68 bits per heavy atom. The molecule has 0 aliphatic rings. The smallest absolute Gasteiger partial charge is 0.330 e. The predicted molar refractivity (Wildman–Crippen MR) is 93.3 cm³/mol. The van der Waals surface area contributed by atoms with Crippen molar-refractivity contribution in [2.45, 2.75) is 77.9 Å². The molecule has 0 radical (unpaired) electrons. The van der Waals surface area contributed by atoms with E-state index in [0.717, 1.165) is 51.4 Å². The Morgan fingerprint density at radius 1 is 1.05 bits per heavy atom. The molecule has 0 saturated heterocycles. The first-order valence-corrected chi connectivity index (χ1v) is 10.5. The molecule has 0 aromatic heterocycles. The summed E-state index contributed by atoms with van der Waals surface area (Å²) in [6.45, 7) is 11.4. The average Bonchev–Trinajstić information content (AvgIpc) is 2.53. The topological polar surface area (TPSA) is 44.8 Å². The fourth-order valence-corrected chi connectivity index (χ4v) is 4.20. The van der Waals surface area contributed by atoms with Gasteiger partial charge in [0.05, 0.1) is 0 Å². The van der Waals surface area contributed by atoms with Crippen LogP contribution in [0.15, 0.2) is 12.7 Å². The van der Waals surface area contributed by atoms with Gasteiger partial charge in [-0.15, -0.1) is 0 Å². The van der Waals surface area contributed by atoms with E-state index in [-0.39, 0.29) is 12.1 Å². The molecular formula is C17H34O4Si. The second-order valence-corrected chi connectivity index (χ2v) is 7.61. The number of esters is 1. The first kappa shape index (κ1) is 21.3. The van der Waals surface area contributed by atoms with E-state index in [0.29, 0.717) is 0 Å². The SMILES string of the molecule is C=CC(=O)OC(CCCCC)CC[SiH](OCCC)OCCC. The molecule has 0 heterocycles. The summed E-state index contributed by atoms with van der Waals surface area (Å²) in [6, 6.07) is 0.890. The van der Waals surface area contributed by atoms with Crippen molar-refractivity contribution in [3.8, 4) is 0 Å². The van der Waals surface area contributed by atoms with Crippen LogP contribution in [0.5, 0.6) is 0 Å². The van der Waals surface area contributed by atoms with Gasteiger partial charge in [-0.1, -0.05) is 40.2 Å². The largest absolute Gasteiger partial charge is 0.459 e. The maximum absolute atomic E-state index is 11.5. The van der Waals surface area contributed by atoms with Gasteiger partial charge in [0.1, 0.15) is 6.10 Å². The van der Waals surface area contributed by atoms with Gasteiger partial charge in [-0.2, -0.15) is 0 Å². The third-order valence-electron chi connectivity index (χ3n) is 3.32. The Labute approximate surface area is 138 Å². The Hall–Kier alpha value is -0.653. The summed E-state index contributed by atoms with van der Waals surface area (Å²) in [5.41, 5.74) is 0. The fourth-order valence-electron chi connectivity index (χ4n) is 2.13. The van der Waals surface area contributed by atoms with Crippen molar-refractivity contribution in [2.24, 2.45) is 0 Å². The third kappa shape index (κ3) is 11.9. The molecule has 1 atom stereocenters. The van der Waals surface area contributed by atoms with Gasteiger partial charge in [0.2, 0.25) is 0 Å². The van der Waals surface area contributed by atoms with Gasteiger partial charge < -0.3 is 13.6 Å².